The third-order valence-corrected chi connectivity index (χ3v) is 5.44. The summed E-state index contributed by atoms with van der Waals surface area (Å²) in [5, 5.41) is 12.5. The lowest BCUT2D eigenvalue weighted by Crippen LogP contribution is -2.10. The van der Waals surface area contributed by atoms with E-state index in [0.29, 0.717) is 16.5 Å². The smallest absolute Gasteiger partial charge is 0.416 e. The number of rotatable bonds is 4. The number of fused-ring (bicyclic) bond motifs is 1. The molecule has 0 spiro atoms. The number of benzene rings is 3. The number of hydrogen-bond acceptors (Lipinski definition) is 2. The fourth-order valence-electron chi connectivity index (χ4n) is 3.65. The van der Waals surface area contributed by atoms with Crippen LogP contribution in [0.2, 0.25) is 5.02 Å². The first-order chi connectivity index (χ1) is 14.7. The number of pyridine rings is 1. The maximum atomic E-state index is 14.5. The van der Waals surface area contributed by atoms with E-state index in [0.717, 1.165) is 23.6 Å². The van der Waals surface area contributed by atoms with Gasteiger partial charge in [-0.15, -0.1) is 0 Å². The first-order valence-electron chi connectivity index (χ1n) is 9.41. The summed E-state index contributed by atoms with van der Waals surface area (Å²) >= 11 is 5.79. The summed E-state index contributed by atoms with van der Waals surface area (Å²) in [4.78, 5) is 4.05. The van der Waals surface area contributed by atoms with Crippen LogP contribution in [0.5, 0.6) is 5.75 Å². The van der Waals surface area contributed by atoms with E-state index >= 15 is 0 Å². The van der Waals surface area contributed by atoms with Crippen LogP contribution in [0.1, 0.15) is 28.3 Å². The Morgan fingerprint density at radius 1 is 0.968 bits per heavy atom. The van der Waals surface area contributed by atoms with Gasteiger partial charge in [0.05, 0.1) is 16.3 Å². The molecule has 158 valence electrons. The third kappa shape index (κ3) is 4.35. The first kappa shape index (κ1) is 21.1. The van der Waals surface area contributed by atoms with Gasteiger partial charge in [-0.2, -0.15) is 13.2 Å². The molecular weight excluding hydrogens is 430 g/mol. The first-order valence-corrected chi connectivity index (χ1v) is 9.79. The zero-order valence-electron chi connectivity index (χ0n) is 16.0. The summed E-state index contributed by atoms with van der Waals surface area (Å²) in [6.07, 6.45) is -3.13. The van der Waals surface area contributed by atoms with Gasteiger partial charge < -0.3 is 5.11 Å². The van der Waals surface area contributed by atoms with E-state index in [9.17, 15) is 22.7 Å². The molecule has 0 fully saturated rings. The normalized spacial score (nSPS) is 12.8. The Morgan fingerprint density at radius 2 is 1.68 bits per heavy atom. The van der Waals surface area contributed by atoms with E-state index in [1.54, 1.807) is 18.2 Å². The zero-order valence-corrected chi connectivity index (χ0v) is 16.8. The molecule has 0 aliphatic rings. The lowest BCUT2D eigenvalue weighted by molar-refractivity contribution is -0.137. The Bertz CT molecular complexity index is 1240. The van der Waals surface area contributed by atoms with E-state index in [-0.39, 0.29) is 22.9 Å². The number of hydrogen-bond donors (Lipinski definition) is 1. The second kappa shape index (κ2) is 8.19. The van der Waals surface area contributed by atoms with Crippen LogP contribution in [0.3, 0.4) is 0 Å². The van der Waals surface area contributed by atoms with Crippen molar-refractivity contribution in [1.29, 1.82) is 0 Å². The van der Waals surface area contributed by atoms with E-state index in [1.165, 1.54) is 18.3 Å². The lowest BCUT2D eigenvalue weighted by Gasteiger charge is -2.21. The van der Waals surface area contributed by atoms with Gasteiger partial charge in [-0.1, -0.05) is 60.1 Å². The third-order valence-electron chi connectivity index (χ3n) is 5.23. The highest BCUT2D eigenvalue weighted by Gasteiger charge is 2.31. The number of phenolic OH excluding ortho intramolecular Hbond substituents is 1. The maximum Gasteiger partial charge on any atom is 0.416 e. The molecule has 3 aromatic carbocycles. The Balaban J connectivity index is 1.84. The minimum Gasteiger partial charge on any atom is -0.507 e. The van der Waals surface area contributed by atoms with Gasteiger partial charge in [0, 0.05) is 29.5 Å². The fraction of sp³-hybridized carbons (Fsp3) is 0.125. The fourth-order valence-corrected chi connectivity index (χ4v) is 3.80. The molecular formula is C24H16ClF4NO. The molecule has 0 amide bonds. The van der Waals surface area contributed by atoms with Gasteiger partial charge in [-0.05, 0) is 29.1 Å². The molecule has 1 heterocycles. The summed E-state index contributed by atoms with van der Waals surface area (Å²) in [7, 11) is 0. The molecule has 4 aromatic rings. The summed E-state index contributed by atoms with van der Waals surface area (Å²) in [5.74, 6) is -1.25. The zero-order chi connectivity index (χ0) is 22.2. The van der Waals surface area contributed by atoms with E-state index in [1.807, 2.05) is 18.2 Å². The maximum absolute atomic E-state index is 14.5. The standard InChI is InChI=1S/C24H16ClF4NO/c25-17-11-21(26)22(30-13-17)12-20(15-5-8-16(9-6-15)24(27,28)29)19-10-7-14-3-1-2-4-18(14)23(19)31/h1-11,13,20,31H,12H2/t20-/m1/s1. The molecule has 1 N–H and O–H groups in total. The van der Waals surface area contributed by atoms with E-state index < -0.39 is 23.5 Å². The Kier molecular flexibility index (Phi) is 5.58. The number of aromatic hydroxyl groups is 1. The highest BCUT2D eigenvalue weighted by atomic mass is 35.5. The molecule has 1 aromatic heterocycles. The van der Waals surface area contributed by atoms with Crippen molar-refractivity contribution in [2.24, 2.45) is 0 Å². The van der Waals surface area contributed by atoms with Crippen molar-refractivity contribution >= 4 is 22.4 Å². The molecule has 0 aliphatic carbocycles. The molecule has 7 heteroatoms. The van der Waals surface area contributed by atoms with Crippen molar-refractivity contribution in [3.05, 3.63) is 106 Å². The molecule has 1 atom stereocenters. The van der Waals surface area contributed by atoms with Gasteiger partial charge in [-0.3, -0.25) is 4.98 Å². The average Bonchev–Trinajstić information content (AvgIpc) is 2.74. The Hall–Kier alpha value is -3.12. The SMILES string of the molecule is Oc1c([C@H](Cc2ncc(Cl)cc2F)c2ccc(C(F)(F)F)cc2)ccc2ccccc12. The van der Waals surface area contributed by atoms with Crippen LogP contribution in [0.15, 0.2) is 72.9 Å². The van der Waals surface area contributed by atoms with Crippen molar-refractivity contribution in [1.82, 2.24) is 4.98 Å². The van der Waals surface area contributed by atoms with E-state index in [2.05, 4.69) is 4.98 Å². The number of halogens is 5. The summed E-state index contributed by atoms with van der Waals surface area (Å²) < 4.78 is 53.5. The second-order valence-corrected chi connectivity index (χ2v) is 7.62. The molecule has 0 saturated heterocycles. The summed E-state index contributed by atoms with van der Waals surface area (Å²) in [5.41, 5.74) is 0.278. The van der Waals surface area contributed by atoms with Gasteiger partial charge in [0.2, 0.25) is 0 Å². The molecule has 4 rings (SSSR count). The van der Waals surface area contributed by atoms with Crippen molar-refractivity contribution in [2.45, 2.75) is 18.5 Å². The predicted octanol–water partition coefficient (Wildman–Crippen LogP) is 7.13. The Labute approximate surface area is 180 Å². The van der Waals surface area contributed by atoms with Crippen LogP contribution < -0.4 is 0 Å². The molecule has 0 unspecified atom stereocenters. The molecule has 0 bridgehead atoms. The molecule has 31 heavy (non-hydrogen) atoms. The van der Waals surface area contributed by atoms with Crippen LogP contribution >= 0.6 is 11.6 Å². The van der Waals surface area contributed by atoms with Crippen molar-refractivity contribution in [3.8, 4) is 5.75 Å². The van der Waals surface area contributed by atoms with Crippen LogP contribution in [-0.2, 0) is 12.6 Å². The van der Waals surface area contributed by atoms with E-state index in [4.69, 9.17) is 11.6 Å². The summed E-state index contributed by atoms with van der Waals surface area (Å²) in [6, 6.07) is 16.5. The Morgan fingerprint density at radius 3 is 2.35 bits per heavy atom. The molecule has 2 nitrogen and oxygen atoms in total. The minimum absolute atomic E-state index is 0.00244. The number of aromatic nitrogens is 1. The van der Waals surface area contributed by atoms with Crippen LogP contribution in [0.25, 0.3) is 10.8 Å². The topological polar surface area (TPSA) is 33.1 Å². The summed E-state index contributed by atoms with van der Waals surface area (Å²) in [6.45, 7) is 0. The number of phenols is 1. The van der Waals surface area contributed by atoms with Crippen molar-refractivity contribution < 1.29 is 22.7 Å². The largest absolute Gasteiger partial charge is 0.507 e. The van der Waals surface area contributed by atoms with Gasteiger partial charge in [-0.25, -0.2) is 4.39 Å². The van der Waals surface area contributed by atoms with Gasteiger partial charge in [0.1, 0.15) is 11.6 Å². The van der Waals surface area contributed by atoms with Crippen molar-refractivity contribution in [3.63, 3.8) is 0 Å². The average molecular weight is 446 g/mol. The van der Waals surface area contributed by atoms with Crippen molar-refractivity contribution in [2.75, 3.05) is 0 Å². The molecule has 0 saturated carbocycles. The van der Waals surface area contributed by atoms with Gasteiger partial charge in [0.15, 0.2) is 0 Å². The predicted molar refractivity (Wildman–Crippen MR) is 112 cm³/mol. The molecule has 0 radical (unpaired) electrons. The van der Waals surface area contributed by atoms with Gasteiger partial charge >= 0.3 is 6.18 Å². The van der Waals surface area contributed by atoms with Crippen LogP contribution in [0, 0.1) is 5.82 Å². The lowest BCUT2D eigenvalue weighted by atomic mass is 9.85. The monoisotopic (exact) mass is 445 g/mol. The van der Waals surface area contributed by atoms with Crippen LogP contribution in [0.4, 0.5) is 17.6 Å². The number of nitrogens with zero attached hydrogens (tertiary/aromatic N) is 1. The molecule has 0 aliphatic heterocycles. The highest BCUT2D eigenvalue weighted by Crippen LogP contribution is 2.39. The second-order valence-electron chi connectivity index (χ2n) is 7.18. The highest BCUT2D eigenvalue weighted by molar-refractivity contribution is 6.30. The quantitative estimate of drug-likeness (QED) is 0.339. The van der Waals surface area contributed by atoms with Crippen LogP contribution in [-0.4, -0.2) is 10.1 Å². The minimum atomic E-state index is -4.47. The number of alkyl halides is 3. The van der Waals surface area contributed by atoms with Gasteiger partial charge in [0.25, 0.3) is 0 Å².